The molecule has 5 aromatic carbocycles. The minimum absolute atomic E-state index is 0.299. The Labute approximate surface area is 254 Å². The van der Waals surface area contributed by atoms with Crippen LogP contribution in [0.1, 0.15) is 22.8 Å². The maximum atomic E-state index is 14.5. The second-order valence-electron chi connectivity index (χ2n) is 11.5. The molecule has 44 heavy (non-hydrogen) atoms. The highest BCUT2D eigenvalue weighted by atomic mass is 16.5. The van der Waals surface area contributed by atoms with E-state index in [0.717, 1.165) is 33.2 Å². The topological polar surface area (TPSA) is 66.9 Å². The van der Waals surface area contributed by atoms with Crippen LogP contribution in [-0.2, 0) is 19.1 Å². The Balaban J connectivity index is 1.22. The van der Waals surface area contributed by atoms with Gasteiger partial charge in [0.05, 0.1) is 23.6 Å². The van der Waals surface area contributed by atoms with Crippen molar-refractivity contribution in [2.75, 3.05) is 9.80 Å². The fourth-order valence-electron chi connectivity index (χ4n) is 7.12. The molecule has 0 N–H and O–H groups in total. The summed E-state index contributed by atoms with van der Waals surface area (Å²) in [5.74, 6) is -2.86. The molecule has 3 heterocycles. The Morgan fingerprint density at radius 2 is 1.27 bits per heavy atom. The molecule has 214 valence electrons. The van der Waals surface area contributed by atoms with E-state index in [9.17, 15) is 14.4 Å². The van der Waals surface area contributed by atoms with Gasteiger partial charge in [0.2, 0.25) is 11.8 Å². The molecule has 3 aliphatic rings. The van der Waals surface area contributed by atoms with E-state index in [1.807, 2.05) is 138 Å². The Morgan fingerprint density at radius 3 is 2.00 bits per heavy atom. The molecule has 0 radical (unpaired) electrons. The van der Waals surface area contributed by atoms with Crippen LogP contribution in [0.25, 0.3) is 16.8 Å². The van der Waals surface area contributed by atoms with Gasteiger partial charge in [-0.1, -0.05) is 121 Å². The van der Waals surface area contributed by atoms with Gasteiger partial charge in [-0.3, -0.25) is 9.59 Å². The van der Waals surface area contributed by atoms with Crippen molar-refractivity contribution in [1.29, 1.82) is 0 Å². The lowest BCUT2D eigenvalue weighted by molar-refractivity contribution is -0.151. The summed E-state index contributed by atoms with van der Waals surface area (Å²) in [6.45, 7) is 0. The number of imide groups is 1. The standard InChI is InChI=1S/C38H28N2O4/c41-36-32-31-22-20-25-12-9-10-18-30(25)40(31)34(33(32)37(42)39(36)29-21-19-24-11-7-8-17-28(24)23-29)38(43)44-35(26-13-3-1-4-14-26)27-15-5-2-6-16-27/h1-23,31-35H/t31-,32-,33-,34-/m1/s1. The van der Waals surface area contributed by atoms with Crippen molar-refractivity contribution in [3.05, 3.63) is 150 Å². The Kier molecular flexibility index (Phi) is 6.15. The van der Waals surface area contributed by atoms with E-state index in [2.05, 4.69) is 0 Å². The first-order valence-electron chi connectivity index (χ1n) is 14.8. The molecule has 4 atom stereocenters. The number of anilines is 2. The molecular weight excluding hydrogens is 548 g/mol. The van der Waals surface area contributed by atoms with Gasteiger partial charge in [-0.25, -0.2) is 9.69 Å². The van der Waals surface area contributed by atoms with Crippen LogP contribution in [-0.4, -0.2) is 29.9 Å². The van der Waals surface area contributed by atoms with Crippen LogP contribution in [0.2, 0.25) is 0 Å². The Bertz CT molecular complexity index is 1910. The molecule has 8 rings (SSSR count). The first-order chi connectivity index (χ1) is 21.6. The molecule has 3 aliphatic heterocycles. The van der Waals surface area contributed by atoms with Crippen molar-refractivity contribution in [2.45, 2.75) is 18.2 Å². The number of amides is 2. The summed E-state index contributed by atoms with van der Waals surface area (Å²) < 4.78 is 6.37. The van der Waals surface area contributed by atoms with Crippen molar-refractivity contribution in [2.24, 2.45) is 11.8 Å². The number of hydrogen-bond acceptors (Lipinski definition) is 5. The molecule has 2 saturated heterocycles. The van der Waals surface area contributed by atoms with Gasteiger partial charge in [0.1, 0.15) is 6.04 Å². The first kappa shape index (κ1) is 26.2. The molecule has 6 heteroatoms. The van der Waals surface area contributed by atoms with E-state index in [4.69, 9.17) is 4.74 Å². The van der Waals surface area contributed by atoms with Crippen molar-refractivity contribution in [3.63, 3.8) is 0 Å². The van der Waals surface area contributed by atoms with Crippen LogP contribution in [0.4, 0.5) is 11.4 Å². The van der Waals surface area contributed by atoms with E-state index >= 15 is 0 Å². The van der Waals surface area contributed by atoms with Gasteiger partial charge in [-0.15, -0.1) is 0 Å². The van der Waals surface area contributed by atoms with Crippen LogP contribution in [0, 0.1) is 11.8 Å². The molecular formula is C38H28N2O4. The fourth-order valence-corrected chi connectivity index (χ4v) is 7.12. The van der Waals surface area contributed by atoms with Gasteiger partial charge in [-0.2, -0.15) is 0 Å². The lowest BCUT2D eigenvalue weighted by Gasteiger charge is -2.36. The normalized spacial score (nSPS) is 21.8. The van der Waals surface area contributed by atoms with E-state index in [1.54, 1.807) is 6.07 Å². The van der Waals surface area contributed by atoms with E-state index in [1.165, 1.54) is 4.90 Å². The van der Waals surface area contributed by atoms with E-state index in [-0.39, 0.29) is 11.8 Å². The molecule has 0 saturated carbocycles. The number of para-hydroxylation sites is 1. The van der Waals surface area contributed by atoms with Crippen LogP contribution >= 0.6 is 0 Å². The second-order valence-corrected chi connectivity index (χ2v) is 11.5. The average Bonchev–Trinajstić information content (AvgIpc) is 3.56. The number of carbonyl (C=O) groups is 3. The van der Waals surface area contributed by atoms with Crippen LogP contribution in [0.3, 0.4) is 0 Å². The Hall–Kier alpha value is -5.49. The van der Waals surface area contributed by atoms with Crippen molar-refractivity contribution in [3.8, 4) is 0 Å². The van der Waals surface area contributed by atoms with Crippen LogP contribution in [0.15, 0.2) is 133 Å². The monoisotopic (exact) mass is 576 g/mol. The minimum Gasteiger partial charge on any atom is -0.451 e. The number of nitrogens with zero attached hydrogens (tertiary/aromatic N) is 2. The number of hydrogen-bond donors (Lipinski definition) is 0. The number of rotatable bonds is 5. The Morgan fingerprint density at radius 1 is 0.659 bits per heavy atom. The second kappa shape index (κ2) is 10.3. The minimum atomic E-state index is -0.993. The SMILES string of the molecule is O=C(OC(c1ccccc1)c1ccccc1)[C@H]1[C@@H]2C(=O)N(c3ccc4ccccc4c3)C(=O)[C@@H]2[C@H]2C=Cc3ccccc3N21. The quantitative estimate of drug-likeness (QED) is 0.175. The summed E-state index contributed by atoms with van der Waals surface area (Å²) in [4.78, 5) is 46.3. The van der Waals surface area contributed by atoms with Crippen molar-refractivity contribution >= 4 is 46.0 Å². The lowest BCUT2D eigenvalue weighted by atomic mass is 9.88. The maximum Gasteiger partial charge on any atom is 0.330 e. The van der Waals surface area contributed by atoms with Crippen LogP contribution < -0.4 is 9.80 Å². The number of ether oxygens (including phenoxy) is 1. The molecule has 5 aromatic rings. The molecule has 0 unspecified atom stereocenters. The lowest BCUT2D eigenvalue weighted by Crippen LogP contribution is -2.49. The predicted octanol–water partition coefficient (Wildman–Crippen LogP) is 6.56. The zero-order valence-electron chi connectivity index (χ0n) is 23.7. The summed E-state index contributed by atoms with van der Waals surface area (Å²) in [5, 5.41) is 1.95. The summed E-state index contributed by atoms with van der Waals surface area (Å²) >= 11 is 0. The number of esters is 1. The zero-order chi connectivity index (χ0) is 29.8. The third-order valence-electron chi connectivity index (χ3n) is 9.09. The largest absolute Gasteiger partial charge is 0.451 e. The summed E-state index contributed by atoms with van der Waals surface area (Å²) in [6.07, 6.45) is 3.25. The molecule has 0 aromatic heterocycles. The smallest absolute Gasteiger partial charge is 0.330 e. The maximum absolute atomic E-state index is 14.5. The molecule has 2 fully saturated rings. The summed E-state index contributed by atoms with van der Waals surface area (Å²) in [6, 6.07) is 38.9. The number of carbonyl (C=O) groups excluding carboxylic acids is 3. The average molecular weight is 577 g/mol. The van der Waals surface area contributed by atoms with Crippen molar-refractivity contribution in [1.82, 2.24) is 0 Å². The zero-order valence-corrected chi connectivity index (χ0v) is 23.7. The highest BCUT2D eigenvalue weighted by molar-refractivity contribution is 6.25. The highest BCUT2D eigenvalue weighted by Crippen LogP contribution is 2.50. The third-order valence-corrected chi connectivity index (χ3v) is 9.09. The van der Waals surface area contributed by atoms with Gasteiger partial charge in [0.25, 0.3) is 0 Å². The van der Waals surface area contributed by atoms with E-state index < -0.39 is 36.0 Å². The van der Waals surface area contributed by atoms with Gasteiger partial charge >= 0.3 is 5.97 Å². The number of fused-ring (bicyclic) bond motifs is 6. The van der Waals surface area contributed by atoms with Crippen molar-refractivity contribution < 1.29 is 19.1 Å². The molecule has 2 amide bonds. The third kappa shape index (κ3) is 4.06. The molecule has 6 nitrogen and oxygen atoms in total. The van der Waals surface area contributed by atoms with E-state index in [0.29, 0.717) is 5.69 Å². The summed E-state index contributed by atoms with van der Waals surface area (Å²) in [5.41, 5.74) is 3.89. The first-order valence-corrected chi connectivity index (χ1v) is 14.8. The fraction of sp³-hybridized carbons (Fsp3) is 0.132. The highest BCUT2D eigenvalue weighted by Gasteiger charge is 2.65. The predicted molar refractivity (Wildman–Crippen MR) is 170 cm³/mol. The summed E-state index contributed by atoms with van der Waals surface area (Å²) in [7, 11) is 0. The van der Waals surface area contributed by atoms with Crippen LogP contribution in [0.5, 0.6) is 0 Å². The number of benzene rings is 5. The van der Waals surface area contributed by atoms with Gasteiger partial charge in [0.15, 0.2) is 6.10 Å². The molecule has 0 bridgehead atoms. The van der Waals surface area contributed by atoms with Gasteiger partial charge < -0.3 is 9.64 Å². The molecule has 0 spiro atoms. The molecule has 0 aliphatic carbocycles. The van der Waals surface area contributed by atoms with Gasteiger partial charge in [-0.05, 0) is 45.7 Å². The van der Waals surface area contributed by atoms with Gasteiger partial charge in [0, 0.05) is 5.69 Å².